The number of rotatable bonds is 9. The normalized spacial score (nSPS) is 30.6. The van der Waals surface area contributed by atoms with Crippen molar-refractivity contribution >= 4 is 5.97 Å². The van der Waals surface area contributed by atoms with Gasteiger partial charge >= 0.3 is 5.97 Å². The molecule has 160 valence electrons. The molecule has 3 N–H and O–H groups in total. The molecule has 0 aromatic heterocycles. The van der Waals surface area contributed by atoms with Crippen LogP contribution in [-0.4, -0.2) is 52.8 Å². The van der Waals surface area contributed by atoms with Crippen LogP contribution in [0.4, 0.5) is 0 Å². The molecule has 1 saturated heterocycles. The highest BCUT2D eigenvalue weighted by molar-refractivity contribution is 5.66. The van der Waals surface area contributed by atoms with Crippen LogP contribution < -0.4 is 4.74 Å². The summed E-state index contributed by atoms with van der Waals surface area (Å²) in [5.74, 6) is 0.594. The van der Waals surface area contributed by atoms with Gasteiger partial charge in [0.15, 0.2) is 0 Å². The molecule has 0 spiro atoms. The van der Waals surface area contributed by atoms with Crippen LogP contribution in [0.25, 0.3) is 0 Å². The van der Waals surface area contributed by atoms with Crippen molar-refractivity contribution in [1.29, 1.82) is 0 Å². The molecule has 1 aromatic rings. The van der Waals surface area contributed by atoms with E-state index in [1.807, 2.05) is 36.4 Å². The van der Waals surface area contributed by atoms with Crippen LogP contribution in [0.2, 0.25) is 0 Å². The van der Waals surface area contributed by atoms with E-state index < -0.39 is 18.2 Å². The minimum Gasteiger partial charge on any atom is -0.491 e. The number of para-hydroxylation sites is 1. The van der Waals surface area contributed by atoms with E-state index >= 15 is 0 Å². The second-order valence-corrected chi connectivity index (χ2v) is 8.20. The first kappa shape index (κ1) is 21.8. The molecule has 2 aliphatic rings. The molecular weight excluding hydrogens is 372 g/mol. The topological polar surface area (TPSA) is 96.2 Å². The van der Waals surface area contributed by atoms with Crippen molar-refractivity contribution < 1.29 is 29.6 Å². The number of carboxylic acids is 1. The van der Waals surface area contributed by atoms with Gasteiger partial charge in [0.2, 0.25) is 0 Å². The molecular formula is C23H32O6. The number of aliphatic hydroxyl groups excluding tert-OH is 2. The Morgan fingerprint density at radius 1 is 1.28 bits per heavy atom. The van der Waals surface area contributed by atoms with Crippen molar-refractivity contribution in [1.82, 2.24) is 0 Å². The lowest BCUT2D eigenvalue weighted by molar-refractivity contribution is -0.137. The van der Waals surface area contributed by atoms with E-state index in [0.29, 0.717) is 31.3 Å². The Morgan fingerprint density at radius 2 is 2.07 bits per heavy atom. The zero-order valence-electron chi connectivity index (χ0n) is 16.7. The molecule has 1 aliphatic carbocycles. The highest BCUT2D eigenvalue weighted by atomic mass is 16.5. The van der Waals surface area contributed by atoms with E-state index in [0.717, 1.165) is 25.0 Å². The van der Waals surface area contributed by atoms with Gasteiger partial charge in [0, 0.05) is 12.3 Å². The van der Waals surface area contributed by atoms with E-state index in [9.17, 15) is 15.0 Å². The molecule has 6 atom stereocenters. The second-order valence-electron chi connectivity index (χ2n) is 8.20. The van der Waals surface area contributed by atoms with E-state index in [1.165, 1.54) is 0 Å². The summed E-state index contributed by atoms with van der Waals surface area (Å²) in [6.45, 7) is 0.787. The van der Waals surface area contributed by atoms with Crippen molar-refractivity contribution in [3.05, 3.63) is 42.5 Å². The van der Waals surface area contributed by atoms with Crippen LogP contribution in [0, 0.1) is 17.8 Å². The fourth-order valence-corrected chi connectivity index (χ4v) is 4.57. The van der Waals surface area contributed by atoms with Gasteiger partial charge in [0.25, 0.3) is 0 Å². The van der Waals surface area contributed by atoms with Gasteiger partial charge in [-0.3, -0.25) is 4.79 Å². The smallest absolute Gasteiger partial charge is 0.303 e. The predicted molar refractivity (Wildman–Crippen MR) is 109 cm³/mol. The van der Waals surface area contributed by atoms with Gasteiger partial charge in [-0.1, -0.05) is 30.4 Å². The Labute approximate surface area is 172 Å². The third-order valence-electron chi connectivity index (χ3n) is 6.09. The quantitative estimate of drug-likeness (QED) is 0.548. The molecule has 0 radical (unpaired) electrons. The maximum Gasteiger partial charge on any atom is 0.303 e. The van der Waals surface area contributed by atoms with Gasteiger partial charge in [-0.15, -0.1) is 0 Å². The largest absolute Gasteiger partial charge is 0.491 e. The summed E-state index contributed by atoms with van der Waals surface area (Å²) in [5.41, 5.74) is 0. The van der Waals surface area contributed by atoms with Crippen LogP contribution in [0.1, 0.15) is 38.5 Å². The lowest BCUT2D eigenvalue weighted by Crippen LogP contribution is -2.21. The fourth-order valence-electron chi connectivity index (χ4n) is 4.57. The molecule has 6 heteroatoms. The van der Waals surface area contributed by atoms with E-state index in [1.54, 1.807) is 6.08 Å². The molecule has 0 unspecified atom stereocenters. The third-order valence-corrected chi connectivity index (χ3v) is 6.09. The van der Waals surface area contributed by atoms with Crippen molar-refractivity contribution in [3.63, 3.8) is 0 Å². The Kier molecular flexibility index (Phi) is 8.09. The average molecular weight is 405 g/mol. The number of aliphatic hydroxyl groups is 2. The van der Waals surface area contributed by atoms with E-state index in [2.05, 4.69) is 0 Å². The van der Waals surface area contributed by atoms with Crippen LogP contribution in [-0.2, 0) is 9.53 Å². The van der Waals surface area contributed by atoms with E-state index in [-0.39, 0.29) is 25.0 Å². The third kappa shape index (κ3) is 6.56. The van der Waals surface area contributed by atoms with Gasteiger partial charge in [-0.2, -0.15) is 0 Å². The summed E-state index contributed by atoms with van der Waals surface area (Å²) in [6, 6.07) is 9.37. The zero-order chi connectivity index (χ0) is 20.6. The number of hydrogen-bond donors (Lipinski definition) is 3. The van der Waals surface area contributed by atoms with Crippen LogP contribution in [0.15, 0.2) is 42.5 Å². The molecule has 1 aromatic carbocycles. The highest BCUT2D eigenvalue weighted by Crippen LogP contribution is 2.43. The number of aliphatic carboxylic acids is 1. The maximum absolute atomic E-state index is 10.7. The number of ether oxygens (including phenoxy) is 2. The van der Waals surface area contributed by atoms with Crippen LogP contribution in [0.5, 0.6) is 5.75 Å². The zero-order valence-corrected chi connectivity index (χ0v) is 16.7. The van der Waals surface area contributed by atoms with Crippen LogP contribution >= 0.6 is 0 Å². The number of hydrogen-bond acceptors (Lipinski definition) is 5. The molecule has 2 fully saturated rings. The average Bonchev–Trinajstić information content (AvgIpc) is 2.87. The highest BCUT2D eigenvalue weighted by Gasteiger charge is 2.42. The Balaban J connectivity index is 1.49. The Bertz CT molecular complexity index is 661. The number of carbonyl (C=O) groups is 1. The lowest BCUT2D eigenvalue weighted by atomic mass is 9.85. The number of carboxylic acid groups (broad SMARTS) is 1. The first-order valence-corrected chi connectivity index (χ1v) is 10.6. The lowest BCUT2D eigenvalue weighted by Gasteiger charge is -2.21. The first-order chi connectivity index (χ1) is 14.0. The summed E-state index contributed by atoms with van der Waals surface area (Å²) in [4.78, 5) is 10.7. The Hall–Kier alpha value is -1.89. The summed E-state index contributed by atoms with van der Waals surface area (Å²) in [5, 5.41) is 29.5. The SMILES string of the molecule is O=C(O)CCC[C@H]1CC[C@H]2[C@@H](CO1)C[C@@H](O)[C@@H]2/C=C/[C@@H](O)COc1ccccc1. The molecule has 6 nitrogen and oxygen atoms in total. The van der Waals surface area contributed by atoms with E-state index in [4.69, 9.17) is 14.6 Å². The van der Waals surface area contributed by atoms with Crippen molar-refractivity contribution in [3.8, 4) is 5.75 Å². The van der Waals surface area contributed by atoms with Crippen molar-refractivity contribution in [2.24, 2.45) is 17.8 Å². The number of fused-ring (bicyclic) bond motifs is 1. The molecule has 0 bridgehead atoms. The molecule has 3 rings (SSSR count). The van der Waals surface area contributed by atoms with Crippen molar-refractivity contribution in [2.75, 3.05) is 13.2 Å². The number of benzene rings is 1. The fraction of sp³-hybridized carbons (Fsp3) is 0.609. The predicted octanol–water partition coefficient (Wildman–Crippen LogP) is 3.03. The molecule has 1 saturated carbocycles. The maximum atomic E-state index is 10.7. The van der Waals surface area contributed by atoms with Gasteiger partial charge < -0.3 is 24.8 Å². The first-order valence-electron chi connectivity index (χ1n) is 10.6. The Morgan fingerprint density at radius 3 is 2.83 bits per heavy atom. The minimum atomic E-state index is -0.765. The standard InChI is InChI=1S/C23H32O6/c24-17(15-29-18-5-2-1-3-6-18)9-11-21-20-12-10-19(7-4-8-23(26)27)28-14-16(20)13-22(21)25/h1-3,5-6,9,11,16-17,19-22,24-25H,4,7-8,10,12-15H2,(H,26,27)/b11-9+/t16-,17-,19+,20+,21-,22-/m1/s1. The van der Waals surface area contributed by atoms with Crippen LogP contribution in [0.3, 0.4) is 0 Å². The van der Waals surface area contributed by atoms with Gasteiger partial charge in [-0.25, -0.2) is 0 Å². The molecule has 29 heavy (non-hydrogen) atoms. The molecule has 1 heterocycles. The minimum absolute atomic E-state index is 0.00717. The summed E-state index contributed by atoms with van der Waals surface area (Å²) in [6.07, 6.45) is 6.75. The van der Waals surface area contributed by atoms with Crippen molar-refractivity contribution in [2.45, 2.75) is 56.8 Å². The summed E-state index contributed by atoms with van der Waals surface area (Å²) >= 11 is 0. The summed E-state index contributed by atoms with van der Waals surface area (Å²) < 4.78 is 11.6. The monoisotopic (exact) mass is 404 g/mol. The van der Waals surface area contributed by atoms with Gasteiger partial charge in [-0.05, 0) is 56.1 Å². The second kappa shape index (κ2) is 10.8. The summed E-state index contributed by atoms with van der Waals surface area (Å²) in [7, 11) is 0. The molecule has 0 amide bonds. The molecule has 1 aliphatic heterocycles. The van der Waals surface area contributed by atoms with Gasteiger partial charge in [0.1, 0.15) is 18.5 Å². The van der Waals surface area contributed by atoms with Gasteiger partial charge in [0.05, 0.1) is 18.8 Å².